The number of carbonyl (C=O) groups excluding carboxylic acids is 11. The van der Waals surface area contributed by atoms with Gasteiger partial charge in [-0.2, -0.15) is 0 Å². The molecule has 0 unspecified atom stereocenters. The highest BCUT2D eigenvalue weighted by Gasteiger charge is 2.33. The molecule has 0 aliphatic heterocycles. The number of nitrogens with one attached hydrogen (secondary N) is 8. The zero-order valence-electron chi connectivity index (χ0n) is 57.9. The number of esters is 4. The number of rotatable bonds is 42. The number of amides is 8. The first kappa shape index (κ1) is 81.6. The molecule has 3 aromatic carbocycles. The predicted molar refractivity (Wildman–Crippen MR) is 358 cm³/mol. The Kier molecular flexibility index (Phi) is 36.9. The first-order valence-electron chi connectivity index (χ1n) is 33.0. The topological polar surface area (TPSA) is 349 Å². The summed E-state index contributed by atoms with van der Waals surface area (Å²) >= 11 is 0. The highest BCUT2D eigenvalue weighted by Crippen LogP contribution is 2.17. The van der Waals surface area contributed by atoms with Crippen molar-refractivity contribution >= 4 is 65.5 Å². The normalized spacial score (nSPS) is 12.7. The van der Waals surface area contributed by atoms with Crippen molar-refractivity contribution in [2.24, 2.45) is 5.92 Å². The van der Waals surface area contributed by atoms with Crippen LogP contribution in [0.1, 0.15) is 185 Å². The summed E-state index contributed by atoms with van der Waals surface area (Å²) < 4.78 is 38.4. The lowest BCUT2D eigenvalue weighted by Crippen LogP contribution is -2.53. The van der Waals surface area contributed by atoms with Crippen LogP contribution < -0.4 is 42.5 Å². The molecular weight excluding hydrogens is 1240 g/mol. The van der Waals surface area contributed by atoms with E-state index in [1.165, 1.54) is 24.3 Å². The monoisotopic (exact) mass is 1340 g/mol. The SMILES string of the molecule is CC(C)[C@H](NC(=O)[C@H](CCCCNC(=O)CCOCCOCCNC(=O)c1ccc(C(=O)NCCCCC(=O)NCCCC[C@H](NC(=O)N[C@@H](CCC(=O)OC(C)(C)C)C(=O)OC(C)(C)C)C(=O)OC(C)(C)C)cc1)NC(=O)OCc1ccccc1)C(=O)OCc1ccccc1. The summed E-state index contributed by atoms with van der Waals surface area (Å²) in [7, 11) is 0. The van der Waals surface area contributed by atoms with E-state index >= 15 is 0 Å². The quantitative estimate of drug-likeness (QED) is 0.0156. The van der Waals surface area contributed by atoms with E-state index in [2.05, 4.69) is 42.5 Å². The van der Waals surface area contributed by atoms with E-state index in [9.17, 15) is 52.7 Å². The van der Waals surface area contributed by atoms with Crippen LogP contribution in [0.3, 0.4) is 0 Å². The van der Waals surface area contributed by atoms with Gasteiger partial charge in [0.25, 0.3) is 11.8 Å². The fraction of sp³-hybridized carbons (Fsp3) is 0.586. The average Bonchev–Trinajstić information content (AvgIpc) is 0.972. The number of benzene rings is 3. The lowest BCUT2D eigenvalue weighted by Gasteiger charge is -2.27. The van der Waals surface area contributed by atoms with Crippen LogP contribution >= 0.6 is 0 Å². The van der Waals surface area contributed by atoms with Crippen molar-refractivity contribution in [2.75, 3.05) is 52.6 Å². The van der Waals surface area contributed by atoms with Gasteiger partial charge in [0.2, 0.25) is 17.7 Å². The van der Waals surface area contributed by atoms with Crippen molar-refractivity contribution in [1.29, 1.82) is 0 Å². The van der Waals surface area contributed by atoms with Gasteiger partial charge in [-0.3, -0.25) is 28.8 Å². The van der Waals surface area contributed by atoms with Crippen LogP contribution in [-0.4, -0.2) is 159 Å². The minimum atomic E-state index is -1.23. The van der Waals surface area contributed by atoms with E-state index in [1.54, 1.807) is 88.3 Å². The van der Waals surface area contributed by atoms with Crippen molar-refractivity contribution in [3.05, 3.63) is 107 Å². The Bertz CT molecular complexity index is 2910. The summed E-state index contributed by atoms with van der Waals surface area (Å²) in [4.78, 5) is 142. The van der Waals surface area contributed by atoms with Crippen LogP contribution in [0.5, 0.6) is 0 Å². The molecule has 3 rings (SSSR count). The largest absolute Gasteiger partial charge is 0.460 e. The standard InChI is InChI=1S/C70H104N8O18/c1-48(2)59(65(87)92-46-49-24-14-12-15-25-49)78-62(84)53(77-67(89)93-47-50-26-16-13-17-27-50)28-18-21-39-72-57(80)37-42-90-44-45-91-43-41-74-61(83)52-33-31-51(32-34-52)60(82)73-40-23-20-30-56(79)71-38-22-19-29-54(63(85)95-69(6,7)8)75-66(88)76-55(64(86)96-70(9,10)11)35-36-58(81)94-68(3,4)5/h12-17,24-27,31-34,48,53-55,59H,18-23,28-30,35-47H2,1-11H3,(H,71,79)(H,72,80)(H,73,82)(H,74,83)(H,77,89)(H,78,84)(H2,75,76,88)/t53-,54-,55-,59-/m0/s1. The van der Waals surface area contributed by atoms with Gasteiger partial charge in [0.05, 0.1) is 26.4 Å². The molecule has 4 atom stereocenters. The second-order valence-electron chi connectivity index (χ2n) is 26.2. The van der Waals surface area contributed by atoms with E-state index in [0.29, 0.717) is 69.3 Å². The smallest absolute Gasteiger partial charge is 0.408 e. The van der Waals surface area contributed by atoms with Crippen LogP contribution in [0.4, 0.5) is 9.59 Å². The molecule has 8 amide bonds. The zero-order valence-corrected chi connectivity index (χ0v) is 57.9. The van der Waals surface area contributed by atoms with Gasteiger partial charge in [0.15, 0.2) is 0 Å². The molecule has 8 N–H and O–H groups in total. The van der Waals surface area contributed by atoms with Crippen LogP contribution in [0.25, 0.3) is 0 Å². The minimum Gasteiger partial charge on any atom is -0.460 e. The van der Waals surface area contributed by atoms with Crippen molar-refractivity contribution < 1.29 is 85.9 Å². The Labute approximate surface area is 564 Å². The van der Waals surface area contributed by atoms with Crippen LogP contribution in [0.15, 0.2) is 84.9 Å². The molecule has 0 saturated heterocycles. The Morgan fingerprint density at radius 2 is 0.854 bits per heavy atom. The number of hydrogen-bond donors (Lipinski definition) is 8. The third-order valence-corrected chi connectivity index (χ3v) is 13.7. The maximum absolute atomic E-state index is 13.6. The maximum Gasteiger partial charge on any atom is 0.408 e. The molecule has 0 fully saturated rings. The molecule has 0 saturated carbocycles. The summed E-state index contributed by atoms with van der Waals surface area (Å²) in [6.07, 6.45) is 2.42. The second kappa shape index (κ2) is 43.4. The van der Waals surface area contributed by atoms with E-state index in [1.807, 2.05) is 48.5 Å². The fourth-order valence-electron chi connectivity index (χ4n) is 8.89. The fourth-order valence-corrected chi connectivity index (χ4v) is 8.89. The van der Waals surface area contributed by atoms with Gasteiger partial charge in [-0.1, -0.05) is 74.5 Å². The molecule has 96 heavy (non-hydrogen) atoms. The number of hydrogen-bond acceptors (Lipinski definition) is 18. The van der Waals surface area contributed by atoms with E-state index in [-0.39, 0.29) is 114 Å². The molecule has 0 bridgehead atoms. The van der Waals surface area contributed by atoms with E-state index < -0.39 is 82.9 Å². The summed E-state index contributed by atoms with van der Waals surface area (Å²) in [5, 5.41) is 21.8. The number of carbonyl (C=O) groups is 11. The summed E-state index contributed by atoms with van der Waals surface area (Å²) in [6.45, 7) is 20.7. The van der Waals surface area contributed by atoms with Crippen LogP contribution in [0.2, 0.25) is 0 Å². The van der Waals surface area contributed by atoms with Gasteiger partial charge in [0.1, 0.15) is 54.2 Å². The highest BCUT2D eigenvalue weighted by molar-refractivity contribution is 5.98. The third kappa shape index (κ3) is 37.4. The maximum atomic E-state index is 13.6. The summed E-state index contributed by atoms with van der Waals surface area (Å²) in [5.41, 5.74) is -0.233. The number of urea groups is 1. The molecule has 532 valence electrons. The molecule has 0 aliphatic rings. The van der Waals surface area contributed by atoms with Crippen molar-refractivity contribution in [2.45, 2.75) is 207 Å². The molecule has 0 aromatic heterocycles. The molecule has 0 spiro atoms. The molecule has 0 aliphatic carbocycles. The van der Waals surface area contributed by atoms with Gasteiger partial charge in [-0.25, -0.2) is 24.0 Å². The van der Waals surface area contributed by atoms with Crippen LogP contribution in [0, 0.1) is 5.92 Å². The lowest BCUT2D eigenvalue weighted by molar-refractivity contribution is -0.159. The Morgan fingerprint density at radius 1 is 0.406 bits per heavy atom. The van der Waals surface area contributed by atoms with Crippen molar-refractivity contribution in [3.63, 3.8) is 0 Å². The summed E-state index contributed by atoms with van der Waals surface area (Å²) in [6, 6.07) is 19.2. The number of ether oxygens (including phenoxy) is 7. The Balaban J connectivity index is 1.27. The summed E-state index contributed by atoms with van der Waals surface area (Å²) in [5.74, 6) is -4.63. The van der Waals surface area contributed by atoms with Crippen molar-refractivity contribution in [3.8, 4) is 0 Å². The number of alkyl carbamates (subject to hydrolysis) is 1. The number of unbranched alkanes of at least 4 members (excludes halogenated alkanes) is 3. The second-order valence-corrected chi connectivity index (χ2v) is 26.2. The molecule has 3 aromatic rings. The van der Waals surface area contributed by atoms with Crippen molar-refractivity contribution in [1.82, 2.24) is 42.5 Å². The Hall–Kier alpha value is -8.65. The minimum absolute atomic E-state index is 0.00656. The highest BCUT2D eigenvalue weighted by atomic mass is 16.6. The van der Waals surface area contributed by atoms with E-state index in [0.717, 1.165) is 11.1 Å². The first-order chi connectivity index (χ1) is 45.4. The van der Waals surface area contributed by atoms with E-state index in [4.69, 9.17) is 33.2 Å². The average molecular weight is 1350 g/mol. The van der Waals surface area contributed by atoms with Crippen LogP contribution in [-0.2, 0) is 79.9 Å². The zero-order chi connectivity index (χ0) is 71.1. The Morgan fingerprint density at radius 3 is 1.36 bits per heavy atom. The third-order valence-electron chi connectivity index (χ3n) is 13.7. The molecule has 26 nitrogen and oxygen atoms in total. The first-order valence-corrected chi connectivity index (χ1v) is 33.0. The molecule has 0 radical (unpaired) electrons. The van der Waals surface area contributed by atoms with Gasteiger partial charge in [0, 0.05) is 56.6 Å². The predicted octanol–water partition coefficient (Wildman–Crippen LogP) is 7.33. The van der Waals surface area contributed by atoms with Gasteiger partial charge in [-0.05, 0) is 161 Å². The molecule has 26 heteroatoms. The molecule has 0 heterocycles. The van der Waals surface area contributed by atoms with Gasteiger partial charge in [-0.15, -0.1) is 0 Å². The van der Waals surface area contributed by atoms with Gasteiger partial charge >= 0.3 is 36.0 Å². The molecular formula is C70H104N8O18. The van der Waals surface area contributed by atoms with Gasteiger partial charge < -0.3 is 75.7 Å². The lowest BCUT2D eigenvalue weighted by atomic mass is 10.0.